The molecule has 0 aromatic heterocycles. The van der Waals surface area contributed by atoms with E-state index >= 15 is 0 Å². The van der Waals surface area contributed by atoms with Gasteiger partial charge in [-0.05, 0) is 37.8 Å². The van der Waals surface area contributed by atoms with Crippen LogP contribution in [-0.4, -0.2) is 0 Å². The highest BCUT2D eigenvalue weighted by atomic mass is 14.0. The Morgan fingerprint density at radius 3 is 2.17 bits per heavy atom. The highest BCUT2D eigenvalue weighted by Gasteiger charge is 1.95. The number of hydrogen-bond donors (Lipinski definition) is 0. The fourth-order valence-electron chi connectivity index (χ4n) is 1.28. The molecule has 0 bridgehead atoms. The Kier molecular flexibility index (Phi) is 6.45. The van der Waals surface area contributed by atoms with Gasteiger partial charge in [0.1, 0.15) is 0 Å². The highest BCUT2D eigenvalue weighted by Crippen LogP contribution is 2.15. The quantitative estimate of drug-likeness (QED) is 0.545. The first-order valence-electron chi connectivity index (χ1n) is 4.78. The molecule has 0 atom stereocenters. The van der Waals surface area contributed by atoms with E-state index in [1.54, 1.807) is 0 Å². The molecule has 0 rings (SSSR count). The molecular weight excluding hydrogens is 144 g/mol. The van der Waals surface area contributed by atoms with Crippen molar-refractivity contribution < 1.29 is 0 Å². The molecule has 0 unspecified atom stereocenters. The minimum absolute atomic E-state index is 1.11. The first kappa shape index (κ1) is 11.2. The molecule has 0 radical (unpaired) electrons. The van der Waals surface area contributed by atoms with Crippen LogP contribution in [0, 0.1) is 0 Å². The molecular formula is C12H20. The van der Waals surface area contributed by atoms with Gasteiger partial charge in [-0.2, -0.15) is 0 Å². The number of hydrogen-bond acceptors (Lipinski definition) is 0. The van der Waals surface area contributed by atoms with Gasteiger partial charge in [-0.1, -0.05) is 38.2 Å². The van der Waals surface area contributed by atoms with Crippen molar-refractivity contribution in [3.05, 3.63) is 35.5 Å². The maximum atomic E-state index is 2.28. The summed E-state index contributed by atoms with van der Waals surface area (Å²) in [4.78, 5) is 0. The summed E-state index contributed by atoms with van der Waals surface area (Å²) in [6.45, 7) is 8.53. The van der Waals surface area contributed by atoms with Crippen LogP contribution in [0.5, 0.6) is 0 Å². The standard InChI is InChI=1S/C12H20/c1-5-9-12(10-6-2)11(7-3)8-4/h5,7,9-10H,6,8H2,1-4H3. The van der Waals surface area contributed by atoms with Gasteiger partial charge >= 0.3 is 0 Å². The monoisotopic (exact) mass is 164 g/mol. The minimum Gasteiger partial charge on any atom is -0.0871 e. The maximum Gasteiger partial charge on any atom is -0.0271 e. The van der Waals surface area contributed by atoms with Gasteiger partial charge < -0.3 is 0 Å². The summed E-state index contributed by atoms with van der Waals surface area (Å²) in [5.74, 6) is 0. The van der Waals surface area contributed by atoms with E-state index in [1.165, 1.54) is 11.1 Å². The summed E-state index contributed by atoms with van der Waals surface area (Å²) in [6.07, 6.45) is 11.0. The van der Waals surface area contributed by atoms with Crippen LogP contribution in [0.3, 0.4) is 0 Å². The van der Waals surface area contributed by atoms with E-state index in [1.807, 2.05) is 0 Å². The Balaban J connectivity index is 4.61. The van der Waals surface area contributed by atoms with Crippen LogP contribution in [-0.2, 0) is 0 Å². The van der Waals surface area contributed by atoms with Crippen LogP contribution >= 0.6 is 0 Å². The third-order valence-corrected chi connectivity index (χ3v) is 1.87. The van der Waals surface area contributed by atoms with Crippen molar-refractivity contribution in [1.82, 2.24) is 0 Å². The zero-order chi connectivity index (χ0) is 9.40. The third kappa shape index (κ3) is 3.56. The topological polar surface area (TPSA) is 0 Å². The molecule has 12 heavy (non-hydrogen) atoms. The van der Waals surface area contributed by atoms with Gasteiger partial charge in [0.2, 0.25) is 0 Å². The molecule has 0 aromatic carbocycles. The van der Waals surface area contributed by atoms with Crippen LogP contribution < -0.4 is 0 Å². The van der Waals surface area contributed by atoms with Crippen LogP contribution in [0.15, 0.2) is 35.5 Å². The zero-order valence-corrected chi connectivity index (χ0v) is 8.72. The van der Waals surface area contributed by atoms with E-state index in [9.17, 15) is 0 Å². The molecule has 0 heteroatoms. The molecule has 0 nitrogen and oxygen atoms in total. The molecule has 0 spiro atoms. The van der Waals surface area contributed by atoms with Crippen molar-refractivity contribution in [2.45, 2.75) is 40.5 Å². The van der Waals surface area contributed by atoms with Crippen molar-refractivity contribution in [2.24, 2.45) is 0 Å². The van der Waals surface area contributed by atoms with E-state index < -0.39 is 0 Å². The highest BCUT2D eigenvalue weighted by molar-refractivity contribution is 5.38. The molecule has 0 saturated heterocycles. The molecule has 0 aliphatic heterocycles. The lowest BCUT2D eigenvalue weighted by Gasteiger charge is -2.04. The molecule has 0 N–H and O–H groups in total. The lowest BCUT2D eigenvalue weighted by molar-refractivity contribution is 1.10. The van der Waals surface area contributed by atoms with Crippen LogP contribution in [0.2, 0.25) is 0 Å². The number of allylic oxidation sites excluding steroid dienone is 6. The molecule has 0 saturated carbocycles. The van der Waals surface area contributed by atoms with Crippen LogP contribution in [0.25, 0.3) is 0 Å². The van der Waals surface area contributed by atoms with Gasteiger partial charge in [-0.3, -0.25) is 0 Å². The number of rotatable bonds is 4. The van der Waals surface area contributed by atoms with Crippen molar-refractivity contribution in [1.29, 1.82) is 0 Å². The SMILES string of the molecule is CC=CC(=CCC)C(=CC)CC. The Morgan fingerprint density at radius 1 is 1.17 bits per heavy atom. The third-order valence-electron chi connectivity index (χ3n) is 1.87. The first-order valence-corrected chi connectivity index (χ1v) is 4.78. The molecule has 0 aliphatic rings. The van der Waals surface area contributed by atoms with Crippen molar-refractivity contribution >= 4 is 0 Å². The van der Waals surface area contributed by atoms with E-state index in [-0.39, 0.29) is 0 Å². The first-order chi connectivity index (χ1) is 5.79. The largest absolute Gasteiger partial charge is 0.0871 e. The zero-order valence-electron chi connectivity index (χ0n) is 8.72. The Labute approximate surface area is 76.7 Å². The lowest BCUT2D eigenvalue weighted by Crippen LogP contribution is -1.84. The summed E-state index contributed by atoms with van der Waals surface area (Å²) in [5.41, 5.74) is 2.82. The second-order valence-electron chi connectivity index (χ2n) is 2.74. The minimum atomic E-state index is 1.11. The Hall–Kier alpha value is -0.780. The predicted molar refractivity (Wildman–Crippen MR) is 57.2 cm³/mol. The average Bonchev–Trinajstić information content (AvgIpc) is 2.07. The fourth-order valence-corrected chi connectivity index (χ4v) is 1.28. The van der Waals surface area contributed by atoms with Crippen LogP contribution in [0.1, 0.15) is 40.5 Å². The molecule has 0 aliphatic carbocycles. The summed E-state index contributed by atoms with van der Waals surface area (Å²) >= 11 is 0. The van der Waals surface area contributed by atoms with Crippen molar-refractivity contribution in [2.75, 3.05) is 0 Å². The summed E-state index contributed by atoms with van der Waals surface area (Å²) < 4.78 is 0. The van der Waals surface area contributed by atoms with Gasteiger partial charge in [-0.15, -0.1) is 0 Å². The summed E-state index contributed by atoms with van der Waals surface area (Å²) in [7, 11) is 0. The van der Waals surface area contributed by atoms with Crippen molar-refractivity contribution in [3.8, 4) is 0 Å². The lowest BCUT2D eigenvalue weighted by atomic mass is 10.0. The van der Waals surface area contributed by atoms with Gasteiger partial charge in [0.25, 0.3) is 0 Å². The molecule has 68 valence electrons. The second-order valence-corrected chi connectivity index (χ2v) is 2.74. The molecule has 0 heterocycles. The van der Waals surface area contributed by atoms with E-state index in [0.717, 1.165) is 12.8 Å². The van der Waals surface area contributed by atoms with Gasteiger partial charge in [0.05, 0.1) is 0 Å². The normalized spacial score (nSPS) is 14.3. The van der Waals surface area contributed by atoms with Gasteiger partial charge in [-0.25, -0.2) is 0 Å². The average molecular weight is 164 g/mol. The smallest absolute Gasteiger partial charge is 0.0271 e. The molecule has 0 fully saturated rings. The van der Waals surface area contributed by atoms with Crippen LogP contribution in [0.4, 0.5) is 0 Å². The Bertz CT molecular complexity index is 192. The maximum absolute atomic E-state index is 2.28. The fraction of sp³-hybridized carbons (Fsp3) is 0.500. The Morgan fingerprint density at radius 2 is 1.83 bits per heavy atom. The van der Waals surface area contributed by atoms with Gasteiger partial charge in [0.15, 0.2) is 0 Å². The van der Waals surface area contributed by atoms with E-state index in [2.05, 4.69) is 52.0 Å². The summed E-state index contributed by atoms with van der Waals surface area (Å²) in [5, 5.41) is 0. The van der Waals surface area contributed by atoms with E-state index in [4.69, 9.17) is 0 Å². The van der Waals surface area contributed by atoms with E-state index in [0.29, 0.717) is 0 Å². The second kappa shape index (κ2) is 6.90. The van der Waals surface area contributed by atoms with Crippen molar-refractivity contribution in [3.63, 3.8) is 0 Å². The molecule has 0 amide bonds. The molecule has 0 aromatic rings. The predicted octanol–water partition coefficient (Wildman–Crippen LogP) is 4.26. The summed E-state index contributed by atoms with van der Waals surface area (Å²) in [6, 6.07) is 0. The van der Waals surface area contributed by atoms with Gasteiger partial charge in [0, 0.05) is 0 Å².